The van der Waals surface area contributed by atoms with E-state index in [1.165, 1.54) is 51.4 Å². The Hall–Kier alpha value is -0.840. The number of rotatable bonds is 6. The summed E-state index contributed by atoms with van der Waals surface area (Å²) in [5, 5.41) is 8.94. The largest absolute Gasteiger partial charge is 0.251 e. The molecule has 118 valence electrons. The lowest BCUT2D eigenvalue weighted by atomic mass is 9.76. The third-order valence-corrected chi connectivity index (χ3v) is 5.59. The number of hydrogen-bond acceptors (Lipinski definition) is 1. The van der Waals surface area contributed by atoms with E-state index in [0.717, 1.165) is 24.7 Å². The van der Waals surface area contributed by atoms with E-state index in [1.54, 1.807) is 0 Å². The summed E-state index contributed by atoms with van der Waals surface area (Å²) in [4.78, 5) is 0. The fourth-order valence-corrected chi connectivity index (χ4v) is 4.07. The van der Waals surface area contributed by atoms with E-state index in [1.807, 2.05) is 6.08 Å². The van der Waals surface area contributed by atoms with E-state index < -0.39 is 0 Å². The van der Waals surface area contributed by atoms with Crippen molar-refractivity contribution in [3.05, 3.63) is 12.2 Å². The van der Waals surface area contributed by atoms with Crippen LogP contribution in [0, 0.1) is 35.0 Å². The van der Waals surface area contributed by atoms with Crippen LogP contribution in [0.1, 0.15) is 70.6 Å². The molecule has 0 N–H and O–H groups in total. The van der Waals surface area contributed by atoms with E-state index in [-0.39, 0.29) is 6.67 Å². The first-order valence-electron chi connectivity index (χ1n) is 8.94. The molecule has 0 atom stereocenters. The van der Waals surface area contributed by atoms with Crippen molar-refractivity contribution < 1.29 is 4.39 Å². The van der Waals surface area contributed by atoms with E-state index in [2.05, 4.69) is 12.1 Å². The van der Waals surface area contributed by atoms with Gasteiger partial charge < -0.3 is 0 Å². The molecular weight excluding hydrogens is 261 g/mol. The Morgan fingerprint density at radius 1 is 0.905 bits per heavy atom. The zero-order valence-corrected chi connectivity index (χ0v) is 13.3. The lowest BCUT2D eigenvalue weighted by Crippen LogP contribution is -2.17. The molecule has 0 aromatic carbocycles. The van der Waals surface area contributed by atoms with Gasteiger partial charge in [0.1, 0.15) is 0 Å². The number of allylic oxidation sites excluding steroid dienone is 2. The molecule has 0 aliphatic heterocycles. The number of alkyl halides is 1. The van der Waals surface area contributed by atoms with Crippen molar-refractivity contribution in [2.75, 3.05) is 6.67 Å². The molecule has 0 heterocycles. The standard InChI is InChI=1S/C19H30FN/c20-14-2-1-3-16-4-6-17(7-5-16)8-9-18-10-12-19(15-21)13-11-18/h1,3,16-19H,2,4-14H2/b3-1+/t16-,17-,18?,19?. The van der Waals surface area contributed by atoms with Crippen molar-refractivity contribution >= 4 is 0 Å². The molecular formula is C19H30FN. The highest BCUT2D eigenvalue weighted by Gasteiger charge is 2.23. The molecule has 2 fully saturated rings. The first-order chi connectivity index (χ1) is 10.3. The highest BCUT2D eigenvalue weighted by molar-refractivity contribution is 4.91. The SMILES string of the molecule is N#CC1CCC(CC[C@H]2CC[C@H](/C=C/CCF)CC2)CC1. The van der Waals surface area contributed by atoms with E-state index in [4.69, 9.17) is 5.26 Å². The van der Waals surface area contributed by atoms with Gasteiger partial charge in [-0.2, -0.15) is 5.26 Å². The van der Waals surface area contributed by atoms with Gasteiger partial charge >= 0.3 is 0 Å². The molecule has 0 radical (unpaired) electrons. The maximum Gasteiger partial charge on any atom is 0.0928 e. The van der Waals surface area contributed by atoms with E-state index in [9.17, 15) is 4.39 Å². The minimum absolute atomic E-state index is 0.222. The van der Waals surface area contributed by atoms with Gasteiger partial charge in [-0.15, -0.1) is 0 Å². The first kappa shape index (κ1) is 16.5. The maximum atomic E-state index is 12.1. The summed E-state index contributed by atoms with van der Waals surface area (Å²) in [5.74, 6) is 2.85. The molecule has 0 saturated heterocycles. The Labute approximate surface area is 129 Å². The van der Waals surface area contributed by atoms with Crippen molar-refractivity contribution in [2.45, 2.75) is 70.6 Å². The van der Waals surface area contributed by atoms with E-state index >= 15 is 0 Å². The molecule has 0 spiro atoms. The van der Waals surface area contributed by atoms with Gasteiger partial charge in [-0.05, 0) is 75.5 Å². The van der Waals surface area contributed by atoms with Gasteiger partial charge in [-0.3, -0.25) is 4.39 Å². The van der Waals surface area contributed by atoms with Gasteiger partial charge in [0.15, 0.2) is 0 Å². The molecule has 0 amide bonds. The van der Waals surface area contributed by atoms with Crippen molar-refractivity contribution in [2.24, 2.45) is 23.7 Å². The minimum Gasteiger partial charge on any atom is -0.251 e. The summed E-state index contributed by atoms with van der Waals surface area (Å²) >= 11 is 0. The summed E-state index contributed by atoms with van der Waals surface area (Å²) in [6.07, 6.45) is 17.8. The first-order valence-corrected chi connectivity index (χ1v) is 8.94. The van der Waals surface area contributed by atoms with Crippen LogP contribution in [0.15, 0.2) is 12.2 Å². The molecule has 0 aromatic rings. The fourth-order valence-electron chi connectivity index (χ4n) is 4.07. The van der Waals surface area contributed by atoms with Crippen LogP contribution in [0.2, 0.25) is 0 Å². The summed E-state index contributed by atoms with van der Waals surface area (Å²) in [6, 6.07) is 2.43. The fraction of sp³-hybridized carbons (Fsp3) is 0.842. The summed E-state index contributed by atoms with van der Waals surface area (Å²) in [5.41, 5.74) is 0. The number of nitrogens with zero attached hydrogens (tertiary/aromatic N) is 1. The third-order valence-electron chi connectivity index (χ3n) is 5.59. The number of hydrogen-bond donors (Lipinski definition) is 0. The summed E-state index contributed by atoms with van der Waals surface area (Å²) in [6.45, 7) is -0.222. The number of nitriles is 1. The predicted octanol–water partition coefficient (Wildman–Crippen LogP) is 5.82. The second-order valence-electron chi connectivity index (χ2n) is 7.11. The van der Waals surface area contributed by atoms with Gasteiger partial charge in [-0.1, -0.05) is 25.0 Å². The van der Waals surface area contributed by atoms with Crippen LogP contribution in [0.25, 0.3) is 0 Å². The van der Waals surface area contributed by atoms with Crippen molar-refractivity contribution in [1.82, 2.24) is 0 Å². The van der Waals surface area contributed by atoms with Crippen molar-refractivity contribution in [1.29, 1.82) is 5.26 Å². The topological polar surface area (TPSA) is 23.8 Å². The van der Waals surface area contributed by atoms with Crippen LogP contribution in [0.5, 0.6) is 0 Å². The van der Waals surface area contributed by atoms with Gasteiger partial charge in [0.05, 0.1) is 12.7 Å². The van der Waals surface area contributed by atoms with E-state index in [0.29, 0.717) is 18.3 Å². The highest BCUT2D eigenvalue weighted by Crippen LogP contribution is 2.36. The average Bonchev–Trinajstić information content (AvgIpc) is 2.55. The Bertz CT molecular complexity index is 341. The molecule has 1 nitrogen and oxygen atoms in total. The lowest BCUT2D eigenvalue weighted by molar-refractivity contribution is 0.242. The van der Waals surface area contributed by atoms with Crippen LogP contribution < -0.4 is 0 Å². The lowest BCUT2D eigenvalue weighted by Gasteiger charge is -2.30. The molecule has 2 saturated carbocycles. The summed E-state index contributed by atoms with van der Waals surface area (Å²) < 4.78 is 12.1. The molecule has 0 aromatic heterocycles. The van der Waals surface area contributed by atoms with Crippen LogP contribution >= 0.6 is 0 Å². The average molecular weight is 291 g/mol. The molecule has 2 aliphatic carbocycles. The Morgan fingerprint density at radius 2 is 1.48 bits per heavy atom. The third kappa shape index (κ3) is 5.81. The van der Waals surface area contributed by atoms with Gasteiger partial charge in [0, 0.05) is 5.92 Å². The quantitative estimate of drug-likeness (QED) is 0.566. The molecule has 2 aliphatic rings. The zero-order valence-electron chi connectivity index (χ0n) is 13.3. The monoisotopic (exact) mass is 291 g/mol. The van der Waals surface area contributed by atoms with Crippen LogP contribution in [-0.2, 0) is 0 Å². The van der Waals surface area contributed by atoms with Gasteiger partial charge in [0.2, 0.25) is 0 Å². The highest BCUT2D eigenvalue weighted by atomic mass is 19.1. The maximum absolute atomic E-state index is 12.1. The van der Waals surface area contributed by atoms with Crippen LogP contribution in [-0.4, -0.2) is 6.67 Å². The molecule has 21 heavy (non-hydrogen) atoms. The minimum atomic E-state index is -0.222. The molecule has 0 bridgehead atoms. The second kappa shape index (κ2) is 9.23. The molecule has 2 heteroatoms. The van der Waals surface area contributed by atoms with Crippen LogP contribution in [0.3, 0.4) is 0 Å². The Morgan fingerprint density at radius 3 is 2.00 bits per heavy atom. The molecule has 0 unspecified atom stereocenters. The smallest absolute Gasteiger partial charge is 0.0928 e. The normalized spacial score (nSPS) is 33.9. The van der Waals surface area contributed by atoms with Crippen molar-refractivity contribution in [3.8, 4) is 6.07 Å². The zero-order chi connectivity index (χ0) is 14.9. The second-order valence-corrected chi connectivity index (χ2v) is 7.11. The summed E-state index contributed by atoms with van der Waals surface area (Å²) in [7, 11) is 0. The Balaban J connectivity index is 1.58. The number of halogens is 1. The van der Waals surface area contributed by atoms with Crippen LogP contribution in [0.4, 0.5) is 4.39 Å². The predicted molar refractivity (Wildman–Crippen MR) is 85.5 cm³/mol. The van der Waals surface area contributed by atoms with Crippen molar-refractivity contribution in [3.63, 3.8) is 0 Å². The van der Waals surface area contributed by atoms with Gasteiger partial charge in [0.25, 0.3) is 0 Å². The van der Waals surface area contributed by atoms with Gasteiger partial charge in [-0.25, -0.2) is 0 Å². The molecule has 2 rings (SSSR count). The Kier molecular flexibility index (Phi) is 7.27.